The van der Waals surface area contributed by atoms with E-state index in [9.17, 15) is 9.59 Å². The van der Waals surface area contributed by atoms with E-state index in [2.05, 4.69) is 17.6 Å². The van der Waals surface area contributed by atoms with Gasteiger partial charge in [-0.1, -0.05) is 54.0 Å². The summed E-state index contributed by atoms with van der Waals surface area (Å²) in [6.45, 7) is 11.5. The number of hydrogen-bond acceptors (Lipinski definition) is 2. The van der Waals surface area contributed by atoms with Crippen molar-refractivity contribution in [2.75, 3.05) is 10.6 Å². The molecule has 0 aliphatic heterocycles. The first kappa shape index (κ1) is 18.2. The number of rotatable bonds is 5. The Hall–Kier alpha value is -1.84. The lowest BCUT2D eigenvalue weighted by Gasteiger charge is -2.23. The van der Waals surface area contributed by atoms with E-state index in [4.69, 9.17) is 0 Å². The van der Waals surface area contributed by atoms with Gasteiger partial charge in [-0.25, -0.2) is 0 Å². The Bertz CT molecular complexity index is 542. The highest BCUT2D eigenvalue weighted by atomic mass is 16.2. The van der Waals surface area contributed by atoms with Crippen molar-refractivity contribution in [1.29, 1.82) is 0 Å². The van der Waals surface area contributed by atoms with Crippen molar-refractivity contribution < 1.29 is 9.59 Å². The Morgan fingerprint density at radius 3 is 1.91 bits per heavy atom. The molecule has 0 bridgehead atoms. The molecule has 0 radical (unpaired) electrons. The van der Waals surface area contributed by atoms with Gasteiger partial charge in [0.15, 0.2) is 0 Å². The molecule has 0 atom stereocenters. The number of carbonyl (C=O) groups is 2. The number of benzene rings is 1. The summed E-state index contributed by atoms with van der Waals surface area (Å²) in [4.78, 5) is 24.3. The second-order valence-corrected chi connectivity index (χ2v) is 7.37. The third-order valence-corrected chi connectivity index (χ3v) is 3.55. The monoisotopic (exact) mass is 304 g/mol. The molecule has 4 heteroatoms. The number of amides is 2. The van der Waals surface area contributed by atoms with Crippen molar-refractivity contribution in [3.05, 3.63) is 24.3 Å². The van der Waals surface area contributed by atoms with E-state index in [-0.39, 0.29) is 11.8 Å². The average Bonchev–Trinajstić information content (AvgIpc) is 2.37. The maximum absolute atomic E-state index is 12.3. The quantitative estimate of drug-likeness (QED) is 0.845. The summed E-state index contributed by atoms with van der Waals surface area (Å²) in [5.74, 6) is -0.0593. The fraction of sp³-hybridized carbons (Fsp3) is 0.556. The molecule has 2 amide bonds. The van der Waals surface area contributed by atoms with Crippen LogP contribution < -0.4 is 10.6 Å². The zero-order valence-corrected chi connectivity index (χ0v) is 14.5. The van der Waals surface area contributed by atoms with Gasteiger partial charge in [0.25, 0.3) is 0 Å². The van der Waals surface area contributed by atoms with Gasteiger partial charge in [-0.05, 0) is 24.6 Å². The van der Waals surface area contributed by atoms with Crippen molar-refractivity contribution in [2.45, 2.75) is 54.4 Å². The van der Waals surface area contributed by atoms with Gasteiger partial charge in [0.2, 0.25) is 11.8 Å². The minimum atomic E-state index is -0.456. The number of hydrogen-bond donors (Lipinski definition) is 2. The molecule has 122 valence electrons. The molecule has 0 aliphatic carbocycles. The summed E-state index contributed by atoms with van der Waals surface area (Å²) < 4.78 is 0. The first-order valence-corrected chi connectivity index (χ1v) is 7.79. The normalized spacial score (nSPS) is 11.9. The van der Waals surface area contributed by atoms with E-state index in [1.807, 2.05) is 52.8 Å². The molecule has 0 fully saturated rings. The molecule has 0 heterocycles. The van der Waals surface area contributed by atoms with Crippen molar-refractivity contribution in [1.82, 2.24) is 0 Å². The van der Waals surface area contributed by atoms with E-state index in [0.29, 0.717) is 11.4 Å². The summed E-state index contributed by atoms with van der Waals surface area (Å²) in [7, 11) is 0. The van der Waals surface area contributed by atoms with E-state index in [1.165, 1.54) is 0 Å². The molecule has 0 unspecified atom stereocenters. The topological polar surface area (TPSA) is 58.2 Å². The Morgan fingerprint density at radius 1 is 0.955 bits per heavy atom. The lowest BCUT2D eigenvalue weighted by atomic mass is 9.87. The highest BCUT2D eigenvalue weighted by Gasteiger charge is 2.26. The smallest absolute Gasteiger partial charge is 0.230 e. The first-order valence-electron chi connectivity index (χ1n) is 7.79. The van der Waals surface area contributed by atoms with Crippen LogP contribution in [0.2, 0.25) is 0 Å². The SMILES string of the molecule is CCCC(C)(C)C(=O)Nc1cccc(NC(=O)C(C)(C)C)c1. The summed E-state index contributed by atoms with van der Waals surface area (Å²) in [5.41, 5.74) is 0.522. The van der Waals surface area contributed by atoms with Crippen LogP contribution in [-0.2, 0) is 9.59 Å². The Morgan fingerprint density at radius 2 is 1.45 bits per heavy atom. The van der Waals surface area contributed by atoms with Gasteiger partial charge in [-0.15, -0.1) is 0 Å². The molecule has 0 saturated carbocycles. The molecule has 1 aromatic rings. The van der Waals surface area contributed by atoms with Crippen molar-refractivity contribution >= 4 is 23.2 Å². The summed E-state index contributed by atoms with van der Waals surface area (Å²) in [5, 5.41) is 5.80. The van der Waals surface area contributed by atoms with E-state index in [0.717, 1.165) is 12.8 Å². The molecular formula is C18H28N2O2. The largest absolute Gasteiger partial charge is 0.326 e. The van der Waals surface area contributed by atoms with Crippen LogP contribution in [0.3, 0.4) is 0 Å². The van der Waals surface area contributed by atoms with Crippen LogP contribution in [0.25, 0.3) is 0 Å². The molecule has 0 aromatic heterocycles. The number of carbonyl (C=O) groups excluding carboxylic acids is 2. The summed E-state index contributed by atoms with van der Waals surface area (Å²) >= 11 is 0. The predicted octanol–water partition coefficient (Wildman–Crippen LogP) is 4.44. The number of nitrogens with one attached hydrogen (secondary N) is 2. The van der Waals surface area contributed by atoms with E-state index >= 15 is 0 Å². The van der Waals surface area contributed by atoms with Gasteiger partial charge in [-0.3, -0.25) is 9.59 Å². The Kier molecular flexibility index (Phi) is 5.75. The number of anilines is 2. The fourth-order valence-corrected chi connectivity index (χ4v) is 2.03. The lowest BCUT2D eigenvalue weighted by molar-refractivity contribution is -0.124. The molecular weight excluding hydrogens is 276 g/mol. The highest BCUT2D eigenvalue weighted by molar-refractivity contribution is 5.97. The Balaban J connectivity index is 2.81. The van der Waals surface area contributed by atoms with Crippen LogP contribution in [0, 0.1) is 10.8 Å². The lowest BCUT2D eigenvalue weighted by Crippen LogP contribution is -2.30. The second-order valence-electron chi connectivity index (χ2n) is 7.37. The van der Waals surface area contributed by atoms with Gasteiger partial charge in [0, 0.05) is 22.2 Å². The van der Waals surface area contributed by atoms with E-state index < -0.39 is 10.8 Å². The average molecular weight is 304 g/mol. The van der Waals surface area contributed by atoms with Gasteiger partial charge >= 0.3 is 0 Å². The van der Waals surface area contributed by atoms with Gasteiger partial charge in [0.1, 0.15) is 0 Å². The second kappa shape index (κ2) is 6.95. The van der Waals surface area contributed by atoms with Crippen LogP contribution in [0.4, 0.5) is 11.4 Å². The molecule has 0 spiro atoms. The molecule has 4 nitrogen and oxygen atoms in total. The zero-order chi connectivity index (χ0) is 17.0. The predicted molar refractivity (Wildman–Crippen MR) is 91.8 cm³/mol. The fourth-order valence-electron chi connectivity index (χ4n) is 2.03. The van der Waals surface area contributed by atoms with Crippen LogP contribution in [-0.4, -0.2) is 11.8 Å². The summed E-state index contributed by atoms with van der Waals surface area (Å²) in [6.07, 6.45) is 1.79. The van der Waals surface area contributed by atoms with Crippen molar-refractivity contribution in [3.63, 3.8) is 0 Å². The van der Waals surface area contributed by atoms with Crippen LogP contribution >= 0.6 is 0 Å². The molecule has 1 rings (SSSR count). The molecule has 22 heavy (non-hydrogen) atoms. The third kappa shape index (κ3) is 5.17. The maximum Gasteiger partial charge on any atom is 0.230 e. The summed E-state index contributed by atoms with van der Waals surface area (Å²) in [6, 6.07) is 7.24. The van der Waals surface area contributed by atoms with Gasteiger partial charge in [0.05, 0.1) is 0 Å². The zero-order valence-electron chi connectivity index (χ0n) is 14.5. The van der Waals surface area contributed by atoms with E-state index in [1.54, 1.807) is 6.07 Å². The Labute approximate surface area is 133 Å². The van der Waals surface area contributed by atoms with Crippen LogP contribution in [0.1, 0.15) is 54.4 Å². The van der Waals surface area contributed by atoms with Gasteiger partial charge < -0.3 is 10.6 Å². The molecule has 2 N–H and O–H groups in total. The highest BCUT2D eigenvalue weighted by Crippen LogP contribution is 2.25. The molecule has 1 aromatic carbocycles. The molecule has 0 aliphatic rings. The van der Waals surface area contributed by atoms with Gasteiger partial charge in [-0.2, -0.15) is 0 Å². The maximum atomic E-state index is 12.3. The minimum Gasteiger partial charge on any atom is -0.326 e. The van der Waals surface area contributed by atoms with Crippen molar-refractivity contribution in [3.8, 4) is 0 Å². The standard InChI is InChI=1S/C18H28N2O2/c1-7-11-18(5,6)16(22)20-14-10-8-9-13(12-14)19-15(21)17(2,3)4/h8-10,12H,7,11H2,1-6H3,(H,19,21)(H,20,22). The minimum absolute atomic E-state index is 0.00588. The third-order valence-electron chi connectivity index (χ3n) is 3.55. The van der Waals surface area contributed by atoms with Crippen molar-refractivity contribution in [2.24, 2.45) is 10.8 Å². The first-order chi connectivity index (χ1) is 10.1. The van der Waals surface area contributed by atoms with Crippen LogP contribution in [0.5, 0.6) is 0 Å². The molecule has 0 saturated heterocycles. The van der Waals surface area contributed by atoms with Crippen LogP contribution in [0.15, 0.2) is 24.3 Å².